The molecule has 1 amide bonds. The molecule has 4 N–H and O–H groups in total. The van der Waals surface area contributed by atoms with Gasteiger partial charge < -0.3 is 11.5 Å². The summed E-state index contributed by atoms with van der Waals surface area (Å²) in [5.74, 6) is -0.194. The summed E-state index contributed by atoms with van der Waals surface area (Å²) >= 11 is 0. The number of piperidine rings is 2. The van der Waals surface area contributed by atoms with Gasteiger partial charge in [0.1, 0.15) is 0 Å². The second kappa shape index (κ2) is 4.72. The third-order valence-electron chi connectivity index (χ3n) is 4.07. The van der Waals surface area contributed by atoms with Crippen LogP contribution in [0.25, 0.3) is 0 Å². The first kappa shape index (κ1) is 11.9. The van der Waals surface area contributed by atoms with E-state index in [0.29, 0.717) is 24.5 Å². The van der Waals surface area contributed by atoms with Gasteiger partial charge in [0.15, 0.2) is 0 Å². The molecule has 92 valence electrons. The molecule has 2 rings (SSSR count). The molecule has 2 aliphatic rings. The van der Waals surface area contributed by atoms with Crippen LogP contribution in [0, 0.1) is 0 Å². The van der Waals surface area contributed by atoms with Crippen molar-refractivity contribution < 1.29 is 4.79 Å². The lowest BCUT2D eigenvalue weighted by Crippen LogP contribution is -2.58. The van der Waals surface area contributed by atoms with Crippen molar-refractivity contribution in [1.29, 1.82) is 0 Å². The summed E-state index contributed by atoms with van der Waals surface area (Å²) in [5.41, 5.74) is 11.4. The van der Waals surface area contributed by atoms with E-state index in [1.54, 1.807) is 0 Å². The number of nitrogens with two attached hydrogens (primary N) is 2. The first-order valence-corrected chi connectivity index (χ1v) is 6.39. The van der Waals surface area contributed by atoms with E-state index in [1.165, 1.54) is 19.3 Å². The predicted octanol–water partition coefficient (Wildman–Crippen LogP) is 0.595. The fraction of sp³-hybridized carbons (Fsp3) is 0.917. The first-order valence-electron chi connectivity index (χ1n) is 6.39. The van der Waals surface area contributed by atoms with Crippen molar-refractivity contribution in [2.75, 3.05) is 0 Å². The minimum atomic E-state index is -0.194. The highest BCUT2D eigenvalue weighted by Crippen LogP contribution is 2.35. The van der Waals surface area contributed by atoms with Crippen LogP contribution in [-0.4, -0.2) is 35.0 Å². The molecule has 2 saturated heterocycles. The Bertz CT molecular complexity index is 255. The highest BCUT2D eigenvalue weighted by molar-refractivity contribution is 5.74. The molecule has 0 aromatic carbocycles. The Kier molecular flexibility index (Phi) is 3.50. The van der Waals surface area contributed by atoms with Gasteiger partial charge in [-0.15, -0.1) is 0 Å². The number of fused-ring (bicyclic) bond motifs is 2. The Morgan fingerprint density at radius 1 is 1.38 bits per heavy atom. The fourth-order valence-electron chi connectivity index (χ4n) is 3.58. The molecule has 2 aliphatic heterocycles. The Hall–Kier alpha value is -0.610. The van der Waals surface area contributed by atoms with Gasteiger partial charge in [-0.05, 0) is 32.6 Å². The Balaban J connectivity index is 2.05. The highest BCUT2D eigenvalue weighted by Gasteiger charge is 2.39. The van der Waals surface area contributed by atoms with Crippen LogP contribution in [0.1, 0.15) is 45.4 Å². The summed E-state index contributed by atoms with van der Waals surface area (Å²) < 4.78 is 0. The van der Waals surface area contributed by atoms with Gasteiger partial charge in [-0.1, -0.05) is 6.42 Å². The highest BCUT2D eigenvalue weighted by atomic mass is 16.1. The normalized spacial score (nSPS) is 37.0. The van der Waals surface area contributed by atoms with E-state index in [4.69, 9.17) is 11.5 Å². The molecule has 0 aromatic heterocycles. The Labute approximate surface area is 97.3 Å². The summed E-state index contributed by atoms with van der Waals surface area (Å²) in [6.07, 6.45) is 6.41. The third-order valence-corrected chi connectivity index (χ3v) is 4.07. The van der Waals surface area contributed by atoms with Crippen molar-refractivity contribution in [3.05, 3.63) is 0 Å². The zero-order valence-electron chi connectivity index (χ0n) is 10.1. The lowest BCUT2D eigenvalue weighted by molar-refractivity contribution is -0.120. The standard InChI is InChI=1S/C12H23N3O/c1-8(5-12(14)16)15-10-3-2-4-11(15)7-9(13)6-10/h8-11H,2-7,13H2,1H3,(H2,14,16). The molecule has 0 radical (unpaired) electrons. The molecule has 0 aromatic rings. The SMILES string of the molecule is CC(CC(N)=O)N1C2CCCC1CC(N)C2. The van der Waals surface area contributed by atoms with Gasteiger partial charge in [0.05, 0.1) is 0 Å². The van der Waals surface area contributed by atoms with Crippen LogP contribution in [0.5, 0.6) is 0 Å². The number of carbonyl (C=O) groups excluding carboxylic acids is 1. The zero-order chi connectivity index (χ0) is 11.7. The van der Waals surface area contributed by atoms with Crippen molar-refractivity contribution in [2.24, 2.45) is 11.5 Å². The van der Waals surface area contributed by atoms with Crippen LogP contribution in [0.4, 0.5) is 0 Å². The average molecular weight is 225 g/mol. The average Bonchev–Trinajstić information content (AvgIpc) is 2.14. The Morgan fingerprint density at radius 3 is 2.44 bits per heavy atom. The minimum absolute atomic E-state index is 0.194. The monoisotopic (exact) mass is 225 g/mol. The molecule has 4 heteroatoms. The van der Waals surface area contributed by atoms with E-state index in [1.807, 2.05) is 0 Å². The molecule has 3 unspecified atom stereocenters. The van der Waals surface area contributed by atoms with E-state index in [2.05, 4.69) is 11.8 Å². The third kappa shape index (κ3) is 2.38. The largest absolute Gasteiger partial charge is 0.370 e. The topological polar surface area (TPSA) is 72.4 Å². The number of rotatable bonds is 3. The zero-order valence-corrected chi connectivity index (χ0v) is 10.1. The summed E-state index contributed by atoms with van der Waals surface area (Å²) in [6.45, 7) is 2.12. The van der Waals surface area contributed by atoms with Gasteiger partial charge in [0.2, 0.25) is 5.91 Å². The number of hydrogen-bond acceptors (Lipinski definition) is 3. The molecule has 2 fully saturated rings. The maximum Gasteiger partial charge on any atom is 0.218 e. The van der Waals surface area contributed by atoms with E-state index in [9.17, 15) is 4.79 Å². The summed E-state index contributed by atoms with van der Waals surface area (Å²) in [5, 5.41) is 0. The number of hydrogen-bond donors (Lipinski definition) is 2. The molecule has 2 bridgehead atoms. The molecule has 0 saturated carbocycles. The van der Waals surface area contributed by atoms with Crippen LogP contribution >= 0.6 is 0 Å². The van der Waals surface area contributed by atoms with Crippen LogP contribution in [0.3, 0.4) is 0 Å². The quantitative estimate of drug-likeness (QED) is 0.738. The molecule has 16 heavy (non-hydrogen) atoms. The van der Waals surface area contributed by atoms with Crippen LogP contribution in [0.15, 0.2) is 0 Å². The summed E-state index contributed by atoms with van der Waals surface area (Å²) in [7, 11) is 0. The van der Waals surface area contributed by atoms with Crippen molar-refractivity contribution in [3.63, 3.8) is 0 Å². The molecular weight excluding hydrogens is 202 g/mol. The van der Waals surface area contributed by atoms with E-state index >= 15 is 0 Å². The number of carbonyl (C=O) groups is 1. The molecule has 2 heterocycles. The Morgan fingerprint density at radius 2 is 1.94 bits per heavy atom. The second-order valence-corrected chi connectivity index (χ2v) is 5.44. The van der Waals surface area contributed by atoms with Gasteiger partial charge >= 0.3 is 0 Å². The van der Waals surface area contributed by atoms with Crippen LogP contribution in [-0.2, 0) is 4.79 Å². The molecular formula is C12H23N3O. The van der Waals surface area contributed by atoms with Gasteiger partial charge in [-0.3, -0.25) is 9.69 Å². The lowest BCUT2D eigenvalue weighted by atomic mass is 9.81. The smallest absolute Gasteiger partial charge is 0.218 e. The van der Waals surface area contributed by atoms with Crippen molar-refractivity contribution in [1.82, 2.24) is 4.90 Å². The van der Waals surface area contributed by atoms with E-state index in [0.717, 1.165) is 12.8 Å². The van der Waals surface area contributed by atoms with Gasteiger partial charge in [-0.25, -0.2) is 0 Å². The fourth-order valence-corrected chi connectivity index (χ4v) is 3.58. The van der Waals surface area contributed by atoms with Crippen molar-refractivity contribution in [3.8, 4) is 0 Å². The predicted molar refractivity (Wildman–Crippen MR) is 63.7 cm³/mol. The molecule has 4 nitrogen and oxygen atoms in total. The lowest BCUT2D eigenvalue weighted by Gasteiger charge is -2.50. The number of nitrogens with zero attached hydrogens (tertiary/aromatic N) is 1. The molecule has 0 aliphatic carbocycles. The minimum Gasteiger partial charge on any atom is -0.370 e. The number of amides is 1. The maximum absolute atomic E-state index is 11.0. The summed E-state index contributed by atoms with van der Waals surface area (Å²) in [4.78, 5) is 13.5. The summed E-state index contributed by atoms with van der Waals surface area (Å²) in [6, 6.07) is 1.79. The molecule has 0 spiro atoms. The van der Waals surface area contributed by atoms with Gasteiger partial charge in [-0.2, -0.15) is 0 Å². The second-order valence-electron chi connectivity index (χ2n) is 5.44. The van der Waals surface area contributed by atoms with Crippen LogP contribution < -0.4 is 11.5 Å². The van der Waals surface area contributed by atoms with Crippen molar-refractivity contribution >= 4 is 5.91 Å². The van der Waals surface area contributed by atoms with Crippen molar-refractivity contribution in [2.45, 2.75) is 69.6 Å². The first-order chi connectivity index (χ1) is 7.58. The van der Waals surface area contributed by atoms with E-state index in [-0.39, 0.29) is 11.9 Å². The maximum atomic E-state index is 11.0. The van der Waals surface area contributed by atoms with Gasteiger partial charge in [0, 0.05) is 30.6 Å². The van der Waals surface area contributed by atoms with Crippen LogP contribution in [0.2, 0.25) is 0 Å². The number of primary amides is 1. The van der Waals surface area contributed by atoms with Gasteiger partial charge in [0.25, 0.3) is 0 Å². The molecule has 3 atom stereocenters. The van der Waals surface area contributed by atoms with E-state index < -0.39 is 0 Å².